The summed E-state index contributed by atoms with van der Waals surface area (Å²) >= 11 is 0. The van der Waals surface area contributed by atoms with Crippen molar-refractivity contribution in [2.45, 2.75) is 12.6 Å². The maximum absolute atomic E-state index is 12.6. The molecule has 0 bridgehead atoms. The smallest absolute Gasteiger partial charge is 0.437 e. The fourth-order valence-corrected chi connectivity index (χ4v) is 0.857. The Hall–Kier alpha value is -1.47. The minimum absolute atomic E-state index is 0.00975. The van der Waals surface area contributed by atoms with Gasteiger partial charge in [0.2, 0.25) is 5.95 Å². The highest BCUT2D eigenvalue weighted by atomic mass is 19.4. The van der Waals surface area contributed by atoms with E-state index in [4.69, 9.17) is 5.11 Å². The van der Waals surface area contributed by atoms with E-state index in [0.29, 0.717) is 0 Å². The molecule has 0 aromatic carbocycles. The first-order valence-corrected chi connectivity index (χ1v) is 3.48. The summed E-state index contributed by atoms with van der Waals surface area (Å²) < 4.78 is 72.5. The second-order valence-corrected chi connectivity index (χ2v) is 2.53. The van der Waals surface area contributed by atoms with E-state index in [-0.39, 0.29) is 6.07 Å². The molecule has 1 aromatic rings. The number of alkyl halides is 5. The lowest BCUT2D eigenvalue weighted by molar-refractivity contribution is -0.143. The van der Waals surface area contributed by atoms with Crippen LogP contribution >= 0.6 is 0 Å². The molecule has 0 aliphatic rings. The quantitative estimate of drug-likeness (QED) is 0.595. The van der Waals surface area contributed by atoms with Crippen LogP contribution in [0.3, 0.4) is 0 Å². The Morgan fingerprint density at radius 2 is 1.80 bits per heavy atom. The Labute approximate surface area is 79.2 Å². The van der Waals surface area contributed by atoms with Crippen LogP contribution in [0.25, 0.3) is 0 Å². The van der Waals surface area contributed by atoms with Crippen molar-refractivity contribution in [2.24, 2.45) is 0 Å². The highest BCUT2D eigenvalue weighted by Crippen LogP contribution is 2.36. The summed E-state index contributed by atoms with van der Waals surface area (Å²) in [4.78, 5) is 2.24. The van der Waals surface area contributed by atoms with Gasteiger partial charge in [-0.1, -0.05) is 0 Å². The van der Waals surface area contributed by atoms with Crippen molar-refractivity contribution in [1.82, 2.24) is 4.98 Å². The van der Waals surface area contributed by atoms with E-state index in [1.807, 2.05) is 0 Å². The molecule has 1 N–H and O–H groups in total. The Bertz CT molecular complexity index is 374. The number of hydrogen-bond donors (Lipinski definition) is 1. The first kappa shape index (κ1) is 11.6. The van der Waals surface area contributed by atoms with Crippen LogP contribution in [0, 0.1) is 5.95 Å². The van der Waals surface area contributed by atoms with Crippen molar-refractivity contribution in [3.8, 4) is 5.75 Å². The highest BCUT2D eigenvalue weighted by Gasteiger charge is 2.37. The summed E-state index contributed by atoms with van der Waals surface area (Å²) in [6.07, 6.45) is -8.43. The molecule has 0 aliphatic heterocycles. The third-order valence-corrected chi connectivity index (χ3v) is 1.49. The second-order valence-electron chi connectivity index (χ2n) is 2.53. The van der Waals surface area contributed by atoms with E-state index in [1.54, 1.807) is 0 Å². The molecule has 0 aliphatic carbocycles. The summed E-state index contributed by atoms with van der Waals surface area (Å²) in [6.45, 7) is 0. The zero-order valence-electron chi connectivity index (χ0n) is 6.82. The lowest BCUT2D eigenvalue weighted by Gasteiger charge is -2.09. The molecular weight excluding hydrogens is 228 g/mol. The SMILES string of the molecule is Oc1cc(C(F)F)c(F)nc1C(F)(F)F. The molecule has 1 heterocycles. The van der Waals surface area contributed by atoms with Crippen molar-refractivity contribution in [3.05, 3.63) is 23.3 Å². The summed E-state index contributed by atoms with van der Waals surface area (Å²) in [5, 5.41) is 8.72. The summed E-state index contributed by atoms with van der Waals surface area (Å²) in [6, 6.07) is 0.00975. The van der Waals surface area contributed by atoms with Crippen LogP contribution in [0.2, 0.25) is 0 Å². The molecule has 0 fully saturated rings. The lowest BCUT2D eigenvalue weighted by atomic mass is 10.2. The predicted octanol–water partition coefficient (Wildman–Crippen LogP) is 2.88. The number of rotatable bonds is 1. The van der Waals surface area contributed by atoms with Gasteiger partial charge in [0.05, 0.1) is 5.56 Å². The molecule has 0 atom stereocenters. The molecule has 0 amide bonds. The molecule has 1 rings (SSSR count). The van der Waals surface area contributed by atoms with Crippen molar-refractivity contribution < 1.29 is 31.4 Å². The van der Waals surface area contributed by atoms with Gasteiger partial charge in [-0.15, -0.1) is 0 Å². The maximum Gasteiger partial charge on any atom is 0.437 e. The Kier molecular flexibility index (Phi) is 2.78. The summed E-state index contributed by atoms with van der Waals surface area (Å²) in [7, 11) is 0. The van der Waals surface area contributed by atoms with E-state index in [2.05, 4.69) is 4.98 Å². The van der Waals surface area contributed by atoms with E-state index in [0.717, 1.165) is 0 Å². The van der Waals surface area contributed by atoms with Gasteiger partial charge in [0.1, 0.15) is 5.75 Å². The van der Waals surface area contributed by atoms with E-state index in [9.17, 15) is 26.3 Å². The highest BCUT2D eigenvalue weighted by molar-refractivity contribution is 5.33. The molecular formula is C7H3F6NO. The minimum atomic E-state index is -5.09. The number of halogens is 6. The molecule has 2 nitrogen and oxygen atoms in total. The van der Waals surface area contributed by atoms with E-state index >= 15 is 0 Å². The van der Waals surface area contributed by atoms with Crippen LogP contribution < -0.4 is 0 Å². The molecule has 0 saturated carbocycles. The van der Waals surface area contributed by atoms with Gasteiger partial charge >= 0.3 is 6.18 Å². The first-order chi connectivity index (χ1) is 6.73. The van der Waals surface area contributed by atoms with Crippen LogP contribution in [0.4, 0.5) is 26.3 Å². The largest absolute Gasteiger partial charge is 0.506 e. The van der Waals surface area contributed by atoms with Gasteiger partial charge in [-0.2, -0.15) is 17.6 Å². The normalized spacial score (nSPS) is 12.2. The minimum Gasteiger partial charge on any atom is -0.506 e. The number of nitrogens with zero attached hydrogens (tertiary/aromatic N) is 1. The fraction of sp³-hybridized carbons (Fsp3) is 0.286. The monoisotopic (exact) mass is 231 g/mol. The Balaban J connectivity index is 3.32. The van der Waals surface area contributed by atoms with Gasteiger partial charge in [0.15, 0.2) is 5.69 Å². The Morgan fingerprint density at radius 3 is 2.20 bits per heavy atom. The van der Waals surface area contributed by atoms with Crippen molar-refractivity contribution in [2.75, 3.05) is 0 Å². The number of aromatic hydroxyl groups is 1. The number of hydrogen-bond acceptors (Lipinski definition) is 2. The van der Waals surface area contributed by atoms with Crippen LogP contribution in [-0.2, 0) is 6.18 Å². The van der Waals surface area contributed by atoms with E-state index in [1.165, 1.54) is 0 Å². The molecule has 0 spiro atoms. The van der Waals surface area contributed by atoms with E-state index < -0.39 is 35.6 Å². The second kappa shape index (κ2) is 3.59. The Morgan fingerprint density at radius 1 is 1.27 bits per heavy atom. The third kappa shape index (κ3) is 2.31. The van der Waals surface area contributed by atoms with Crippen molar-refractivity contribution in [3.63, 3.8) is 0 Å². The fourth-order valence-electron chi connectivity index (χ4n) is 0.857. The van der Waals surface area contributed by atoms with Gasteiger partial charge in [0, 0.05) is 0 Å². The van der Waals surface area contributed by atoms with Crippen molar-refractivity contribution in [1.29, 1.82) is 0 Å². The van der Waals surface area contributed by atoms with Gasteiger partial charge in [-0.3, -0.25) is 0 Å². The lowest BCUT2D eigenvalue weighted by Crippen LogP contribution is -2.11. The number of aromatic nitrogens is 1. The molecule has 0 saturated heterocycles. The molecule has 0 radical (unpaired) electrons. The van der Waals surface area contributed by atoms with Crippen LogP contribution in [0.5, 0.6) is 5.75 Å². The van der Waals surface area contributed by atoms with Crippen LogP contribution in [-0.4, -0.2) is 10.1 Å². The molecule has 84 valence electrons. The average molecular weight is 231 g/mol. The van der Waals surface area contributed by atoms with Gasteiger partial charge in [-0.25, -0.2) is 13.8 Å². The average Bonchev–Trinajstić information content (AvgIpc) is 2.06. The van der Waals surface area contributed by atoms with Gasteiger partial charge in [-0.05, 0) is 6.07 Å². The van der Waals surface area contributed by atoms with Gasteiger partial charge in [0.25, 0.3) is 6.43 Å². The maximum atomic E-state index is 12.6. The molecule has 8 heteroatoms. The molecule has 15 heavy (non-hydrogen) atoms. The third-order valence-electron chi connectivity index (χ3n) is 1.49. The zero-order valence-corrected chi connectivity index (χ0v) is 6.82. The first-order valence-electron chi connectivity index (χ1n) is 3.48. The van der Waals surface area contributed by atoms with Gasteiger partial charge < -0.3 is 5.11 Å². The molecule has 1 aromatic heterocycles. The number of pyridine rings is 1. The van der Waals surface area contributed by atoms with Crippen molar-refractivity contribution >= 4 is 0 Å². The van der Waals surface area contributed by atoms with Crippen LogP contribution in [0.1, 0.15) is 17.7 Å². The standard InChI is InChI=1S/C7H3F6NO/c8-5(9)2-1-3(15)4(7(11,12)13)14-6(2)10/h1,5,15H. The predicted molar refractivity (Wildman–Crippen MR) is 35.8 cm³/mol. The van der Waals surface area contributed by atoms with Crippen LogP contribution in [0.15, 0.2) is 6.07 Å². The topological polar surface area (TPSA) is 33.1 Å². The summed E-state index contributed by atoms with van der Waals surface area (Å²) in [5.41, 5.74) is -3.30. The molecule has 0 unspecified atom stereocenters. The zero-order chi connectivity index (χ0) is 11.8. The summed E-state index contributed by atoms with van der Waals surface area (Å²) in [5.74, 6) is -3.48.